The summed E-state index contributed by atoms with van der Waals surface area (Å²) in [6.45, 7) is 2.43. The number of nitrogens with one attached hydrogen (secondary N) is 2. The Balaban J connectivity index is 1.76. The van der Waals surface area contributed by atoms with Crippen molar-refractivity contribution in [1.29, 1.82) is 0 Å². The van der Waals surface area contributed by atoms with E-state index in [0.717, 1.165) is 41.5 Å². The second-order valence-electron chi connectivity index (χ2n) is 8.11. The molecule has 1 aliphatic heterocycles. The van der Waals surface area contributed by atoms with E-state index in [0.29, 0.717) is 23.3 Å². The fourth-order valence-corrected chi connectivity index (χ4v) is 4.53. The Hall–Kier alpha value is -3.08. The molecule has 0 atom stereocenters. The number of carbonyl (C=O) groups excluding carboxylic acids is 1. The number of rotatable bonds is 9. The highest BCUT2D eigenvalue weighted by Crippen LogP contribution is 2.43. The highest BCUT2D eigenvalue weighted by molar-refractivity contribution is 7.86. The number of ether oxygens (including phenoxy) is 2. The van der Waals surface area contributed by atoms with Gasteiger partial charge >= 0.3 is 10.1 Å². The van der Waals surface area contributed by atoms with Gasteiger partial charge in [0.25, 0.3) is 5.91 Å². The van der Waals surface area contributed by atoms with Gasteiger partial charge in [-0.2, -0.15) is 8.42 Å². The minimum absolute atomic E-state index is 0.0367. The number of aromatic amines is 1. The third-order valence-electron chi connectivity index (χ3n) is 5.56. The molecular formula is C23H27N3O6S. The largest absolute Gasteiger partial charge is 0.493 e. The molecule has 1 aliphatic rings. The van der Waals surface area contributed by atoms with Gasteiger partial charge in [-0.1, -0.05) is 6.07 Å². The van der Waals surface area contributed by atoms with Crippen LogP contribution in [0.15, 0.2) is 30.3 Å². The molecule has 9 nitrogen and oxygen atoms in total. The van der Waals surface area contributed by atoms with Crippen LogP contribution in [0.2, 0.25) is 0 Å². The first-order valence-corrected chi connectivity index (χ1v) is 12.2. The van der Waals surface area contributed by atoms with Gasteiger partial charge in [0.05, 0.1) is 25.5 Å². The van der Waals surface area contributed by atoms with Gasteiger partial charge in [-0.25, -0.2) is 0 Å². The van der Waals surface area contributed by atoms with Crippen LogP contribution in [-0.4, -0.2) is 64.9 Å². The fourth-order valence-electron chi connectivity index (χ4n) is 4.05. The summed E-state index contributed by atoms with van der Waals surface area (Å²) in [6.07, 6.45) is 0.957. The number of nitrogens with zero attached hydrogens (tertiary/aromatic N) is 1. The third-order valence-corrected chi connectivity index (χ3v) is 6.03. The predicted molar refractivity (Wildman–Crippen MR) is 125 cm³/mol. The van der Waals surface area contributed by atoms with Gasteiger partial charge in [0.1, 0.15) is 0 Å². The maximum Gasteiger partial charge on any atom is 0.306 e. The first-order valence-electron chi connectivity index (χ1n) is 10.4. The zero-order valence-electron chi connectivity index (χ0n) is 19.0. The Labute approximate surface area is 192 Å². The van der Waals surface area contributed by atoms with Crippen LogP contribution in [0.5, 0.6) is 11.5 Å². The number of benzene rings is 2. The smallest absolute Gasteiger partial charge is 0.306 e. The monoisotopic (exact) mass is 473 g/mol. The molecule has 176 valence electrons. The molecule has 4 rings (SSSR count). The van der Waals surface area contributed by atoms with E-state index in [-0.39, 0.29) is 24.0 Å². The zero-order valence-corrected chi connectivity index (χ0v) is 19.8. The van der Waals surface area contributed by atoms with Crippen LogP contribution in [0.25, 0.3) is 22.2 Å². The van der Waals surface area contributed by atoms with Crippen LogP contribution in [0.4, 0.5) is 0 Å². The van der Waals surface area contributed by atoms with Crippen molar-refractivity contribution in [2.45, 2.75) is 13.1 Å². The van der Waals surface area contributed by atoms with Crippen LogP contribution in [0, 0.1) is 0 Å². The number of amides is 1. The second-order valence-corrected chi connectivity index (χ2v) is 9.69. The lowest BCUT2D eigenvalue weighted by Gasteiger charge is -2.15. The second kappa shape index (κ2) is 9.05. The summed E-state index contributed by atoms with van der Waals surface area (Å²) in [6, 6.07) is 9.79. The summed E-state index contributed by atoms with van der Waals surface area (Å²) in [4.78, 5) is 18.2. The molecule has 0 radical (unpaired) electrons. The van der Waals surface area contributed by atoms with E-state index in [1.165, 1.54) is 7.11 Å². The maximum absolute atomic E-state index is 12.7. The van der Waals surface area contributed by atoms with Crippen molar-refractivity contribution in [2.24, 2.45) is 0 Å². The number of likely N-dealkylation sites (N-methyl/N-ethyl adjacent to an activating group) is 1. The van der Waals surface area contributed by atoms with Crippen LogP contribution in [0.1, 0.15) is 21.5 Å². The molecule has 2 N–H and O–H groups in total. The Kier molecular flexibility index (Phi) is 6.33. The SMILES string of the molecule is COCCN(C)Cc1ccc2[nH]c(-c3cc(OC)c(OS(C)(=O)=O)c4c3C(=O)NC4)cc2c1. The normalized spacial score (nSPS) is 13.4. The molecule has 0 saturated heterocycles. The van der Waals surface area contributed by atoms with E-state index in [9.17, 15) is 13.2 Å². The number of hydrogen-bond donors (Lipinski definition) is 2. The van der Waals surface area contributed by atoms with Crippen LogP contribution in [0.3, 0.4) is 0 Å². The van der Waals surface area contributed by atoms with Crippen molar-refractivity contribution in [3.63, 3.8) is 0 Å². The first-order chi connectivity index (χ1) is 15.7. The Morgan fingerprint density at radius 2 is 1.94 bits per heavy atom. The molecule has 2 aromatic carbocycles. The maximum atomic E-state index is 12.7. The van der Waals surface area contributed by atoms with Gasteiger partial charge in [-0.3, -0.25) is 9.69 Å². The highest BCUT2D eigenvalue weighted by atomic mass is 32.2. The molecular weight excluding hydrogens is 446 g/mol. The van der Waals surface area contributed by atoms with E-state index in [2.05, 4.69) is 27.3 Å². The molecule has 0 bridgehead atoms. The average molecular weight is 474 g/mol. The van der Waals surface area contributed by atoms with Crippen molar-refractivity contribution >= 4 is 26.9 Å². The summed E-state index contributed by atoms with van der Waals surface area (Å²) in [5, 5.41) is 3.76. The van der Waals surface area contributed by atoms with Crippen molar-refractivity contribution in [3.05, 3.63) is 47.0 Å². The standard InChI is InChI=1S/C23H27N3O6S/c1-26(7-8-30-2)13-14-5-6-18-15(9-14)10-19(25-18)16-11-20(31-3)22(32-33(4,28)29)17-12-24-23(27)21(16)17/h5-6,9-11,25H,7-8,12-13H2,1-4H3,(H,24,27). The number of aromatic nitrogens is 1. The Morgan fingerprint density at radius 1 is 1.15 bits per heavy atom. The molecule has 1 amide bonds. The molecule has 3 aromatic rings. The predicted octanol–water partition coefficient (Wildman–Crippen LogP) is 2.50. The van der Waals surface area contributed by atoms with Gasteiger partial charge in [-0.15, -0.1) is 0 Å². The van der Waals surface area contributed by atoms with Gasteiger partial charge in [0, 0.05) is 54.5 Å². The number of carbonyl (C=O) groups is 1. The molecule has 1 aromatic heterocycles. The van der Waals surface area contributed by atoms with Gasteiger partial charge in [0.2, 0.25) is 0 Å². The van der Waals surface area contributed by atoms with Crippen molar-refractivity contribution in [2.75, 3.05) is 40.7 Å². The lowest BCUT2D eigenvalue weighted by atomic mass is 9.98. The van der Waals surface area contributed by atoms with Gasteiger partial charge < -0.3 is 24.0 Å². The topological polar surface area (TPSA) is 110 Å². The highest BCUT2D eigenvalue weighted by Gasteiger charge is 2.31. The lowest BCUT2D eigenvalue weighted by Crippen LogP contribution is -2.22. The summed E-state index contributed by atoms with van der Waals surface area (Å²) in [5.74, 6) is -0.0144. The molecule has 0 aliphatic carbocycles. The summed E-state index contributed by atoms with van der Waals surface area (Å²) in [7, 11) is 1.36. The third kappa shape index (κ3) is 4.82. The first kappa shape index (κ1) is 23.1. The van der Waals surface area contributed by atoms with Crippen LogP contribution < -0.4 is 14.2 Å². The number of fused-ring (bicyclic) bond motifs is 2. The molecule has 0 saturated carbocycles. The molecule has 10 heteroatoms. The quantitative estimate of drug-likeness (QED) is 0.460. The number of methoxy groups -OCH3 is 2. The van der Waals surface area contributed by atoms with Crippen molar-refractivity contribution in [3.8, 4) is 22.8 Å². The summed E-state index contributed by atoms with van der Waals surface area (Å²) >= 11 is 0. The van der Waals surface area contributed by atoms with E-state index in [1.54, 1.807) is 13.2 Å². The molecule has 2 heterocycles. The van der Waals surface area contributed by atoms with E-state index >= 15 is 0 Å². The fraction of sp³-hybridized carbons (Fsp3) is 0.348. The lowest BCUT2D eigenvalue weighted by molar-refractivity contribution is 0.0966. The zero-order chi connectivity index (χ0) is 23.8. The number of H-pyrrole nitrogens is 1. The van der Waals surface area contributed by atoms with E-state index in [1.807, 2.05) is 19.2 Å². The van der Waals surface area contributed by atoms with Crippen molar-refractivity contribution < 1.29 is 26.9 Å². The minimum atomic E-state index is -3.81. The molecule has 0 fully saturated rings. The van der Waals surface area contributed by atoms with E-state index in [4.69, 9.17) is 13.7 Å². The van der Waals surface area contributed by atoms with Crippen LogP contribution >= 0.6 is 0 Å². The average Bonchev–Trinajstić information content (AvgIpc) is 3.35. The summed E-state index contributed by atoms with van der Waals surface area (Å²) < 4.78 is 39.3. The molecule has 0 spiro atoms. The molecule has 33 heavy (non-hydrogen) atoms. The van der Waals surface area contributed by atoms with Gasteiger partial charge in [-0.05, 0) is 36.9 Å². The minimum Gasteiger partial charge on any atom is -0.493 e. The molecule has 0 unspecified atom stereocenters. The Morgan fingerprint density at radius 3 is 2.64 bits per heavy atom. The summed E-state index contributed by atoms with van der Waals surface area (Å²) in [5.41, 5.74) is 4.26. The van der Waals surface area contributed by atoms with E-state index < -0.39 is 10.1 Å². The number of hydrogen-bond acceptors (Lipinski definition) is 7. The van der Waals surface area contributed by atoms with Crippen LogP contribution in [-0.2, 0) is 27.9 Å². The van der Waals surface area contributed by atoms with Gasteiger partial charge in [0.15, 0.2) is 11.5 Å². The Bertz CT molecular complexity index is 1320. The van der Waals surface area contributed by atoms with Crippen molar-refractivity contribution in [1.82, 2.24) is 15.2 Å².